The van der Waals surface area contributed by atoms with E-state index in [1.165, 1.54) is 0 Å². The van der Waals surface area contributed by atoms with E-state index in [4.69, 9.17) is 4.74 Å². The maximum absolute atomic E-state index is 12.1. The minimum absolute atomic E-state index is 0.155. The molecule has 0 bridgehead atoms. The van der Waals surface area contributed by atoms with E-state index in [0.717, 1.165) is 23.5 Å². The Labute approximate surface area is 109 Å². The molecular weight excluding hydrogens is 230 g/mol. The zero-order chi connectivity index (χ0) is 13.9. The van der Waals surface area contributed by atoms with Crippen LogP contribution in [0.15, 0.2) is 0 Å². The quantitative estimate of drug-likeness (QED) is 0.873. The summed E-state index contributed by atoms with van der Waals surface area (Å²) in [6, 6.07) is 0. The number of carbonyl (C=O) groups excluding carboxylic acids is 1. The molecule has 0 aliphatic carbocycles. The van der Waals surface area contributed by atoms with Crippen molar-refractivity contribution in [3.05, 3.63) is 11.3 Å². The number of nitrogens with zero attached hydrogens (tertiary/aromatic N) is 2. The summed E-state index contributed by atoms with van der Waals surface area (Å²) in [6.45, 7) is 9.92. The Morgan fingerprint density at radius 1 is 1.44 bits per heavy atom. The summed E-state index contributed by atoms with van der Waals surface area (Å²) >= 11 is 0. The van der Waals surface area contributed by atoms with Gasteiger partial charge in [0.1, 0.15) is 11.4 Å². The predicted octanol–water partition coefficient (Wildman–Crippen LogP) is 2.04. The standard InChI is InChI=1S/C13H23N3O2/c1-7-10-9(3)11(16(6)15-10)14-12(17)13(4,5)18-8-2/h7-8H2,1-6H3,(H,14,17). The first-order chi connectivity index (χ1) is 8.33. The molecule has 1 heterocycles. The lowest BCUT2D eigenvalue weighted by Crippen LogP contribution is -2.40. The van der Waals surface area contributed by atoms with Crippen LogP contribution >= 0.6 is 0 Å². The monoisotopic (exact) mass is 253 g/mol. The average molecular weight is 253 g/mol. The highest BCUT2D eigenvalue weighted by molar-refractivity contribution is 5.96. The molecule has 1 aromatic rings. The van der Waals surface area contributed by atoms with Gasteiger partial charge in [0.25, 0.3) is 5.91 Å². The molecule has 5 nitrogen and oxygen atoms in total. The summed E-state index contributed by atoms with van der Waals surface area (Å²) in [5.41, 5.74) is 1.18. The van der Waals surface area contributed by atoms with Crippen molar-refractivity contribution in [3.8, 4) is 0 Å². The molecule has 0 spiro atoms. The van der Waals surface area contributed by atoms with Gasteiger partial charge in [0.15, 0.2) is 0 Å². The lowest BCUT2D eigenvalue weighted by molar-refractivity contribution is -0.136. The topological polar surface area (TPSA) is 56.1 Å². The Bertz CT molecular complexity index is 436. The third kappa shape index (κ3) is 2.90. The Kier molecular flexibility index (Phi) is 4.51. The van der Waals surface area contributed by atoms with Crippen molar-refractivity contribution in [2.45, 2.75) is 46.6 Å². The van der Waals surface area contributed by atoms with E-state index in [1.54, 1.807) is 18.5 Å². The molecule has 0 atom stereocenters. The number of hydrogen-bond acceptors (Lipinski definition) is 3. The maximum atomic E-state index is 12.1. The van der Waals surface area contributed by atoms with Crippen LogP contribution < -0.4 is 5.32 Å². The lowest BCUT2D eigenvalue weighted by atomic mass is 10.1. The molecule has 0 unspecified atom stereocenters. The van der Waals surface area contributed by atoms with Crippen molar-refractivity contribution in [3.63, 3.8) is 0 Å². The third-order valence-corrected chi connectivity index (χ3v) is 3.00. The number of aryl methyl sites for hydroxylation is 2. The molecule has 5 heteroatoms. The van der Waals surface area contributed by atoms with Crippen molar-refractivity contribution in [2.24, 2.45) is 7.05 Å². The number of ether oxygens (including phenoxy) is 1. The molecule has 0 radical (unpaired) electrons. The largest absolute Gasteiger partial charge is 0.366 e. The smallest absolute Gasteiger partial charge is 0.257 e. The average Bonchev–Trinajstić information content (AvgIpc) is 2.56. The minimum atomic E-state index is -0.835. The fourth-order valence-corrected chi connectivity index (χ4v) is 1.88. The van der Waals surface area contributed by atoms with Crippen molar-refractivity contribution in [2.75, 3.05) is 11.9 Å². The Morgan fingerprint density at radius 2 is 2.06 bits per heavy atom. The van der Waals surface area contributed by atoms with Crippen molar-refractivity contribution in [1.82, 2.24) is 9.78 Å². The SMILES string of the molecule is CCOC(C)(C)C(=O)Nc1c(C)c(CC)nn1C. The highest BCUT2D eigenvalue weighted by Crippen LogP contribution is 2.20. The predicted molar refractivity (Wildman–Crippen MR) is 71.7 cm³/mol. The normalized spacial score (nSPS) is 11.7. The Hall–Kier alpha value is -1.36. The molecule has 1 rings (SSSR count). The van der Waals surface area contributed by atoms with E-state index in [9.17, 15) is 4.79 Å². The van der Waals surface area contributed by atoms with Gasteiger partial charge in [-0.05, 0) is 34.1 Å². The number of anilines is 1. The molecule has 0 fully saturated rings. The van der Waals surface area contributed by atoms with E-state index in [1.807, 2.05) is 27.8 Å². The number of hydrogen-bond donors (Lipinski definition) is 1. The molecule has 102 valence electrons. The van der Waals surface area contributed by atoms with Crippen LogP contribution in [0.5, 0.6) is 0 Å². The first-order valence-electron chi connectivity index (χ1n) is 6.31. The van der Waals surface area contributed by atoms with Crippen LogP contribution in [0.1, 0.15) is 39.0 Å². The second-order valence-electron chi connectivity index (χ2n) is 4.79. The summed E-state index contributed by atoms with van der Waals surface area (Å²) in [6.07, 6.45) is 0.852. The molecule has 0 saturated carbocycles. The van der Waals surface area contributed by atoms with Gasteiger partial charge in [-0.15, -0.1) is 0 Å². The summed E-state index contributed by atoms with van der Waals surface area (Å²) in [4.78, 5) is 12.1. The highest BCUT2D eigenvalue weighted by atomic mass is 16.5. The molecule has 0 aliphatic rings. The fraction of sp³-hybridized carbons (Fsp3) is 0.692. The second-order valence-corrected chi connectivity index (χ2v) is 4.79. The van der Waals surface area contributed by atoms with Gasteiger partial charge < -0.3 is 10.1 Å². The van der Waals surface area contributed by atoms with Gasteiger partial charge >= 0.3 is 0 Å². The molecule has 1 aromatic heterocycles. The van der Waals surface area contributed by atoms with Crippen LogP contribution in [0, 0.1) is 6.92 Å². The van der Waals surface area contributed by atoms with Gasteiger partial charge in [-0.3, -0.25) is 9.48 Å². The van der Waals surface area contributed by atoms with E-state index in [0.29, 0.717) is 6.61 Å². The van der Waals surface area contributed by atoms with Crippen LogP contribution in [0.2, 0.25) is 0 Å². The van der Waals surface area contributed by atoms with Crippen LogP contribution in [-0.4, -0.2) is 27.9 Å². The molecule has 0 aliphatic heterocycles. The number of carbonyl (C=O) groups is 1. The second kappa shape index (κ2) is 5.52. The number of nitrogens with one attached hydrogen (secondary N) is 1. The van der Waals surface area contributed by atoms with E-state index in [-0.39, 0.29) is 5.91 Å². The van der Waals surface area contributed by atoms with Crippen molar-refractivity contribution in [1.29, 1.82) is 0 Å². The third-order valence-electron chi connectivity index (χ3n) is 3.00. The van der Waals surface area contributed by atoms with E-state index < -0.39 is 5.60 Å². The zero-order valence-corrected chi connectivity index (χ0v) is 12.1. The molecule has 1 amide bonds. The Balaban J connectivity index is 2.92. The molecular formula is C13H23N3O2. The minimum Gasteiger partial charge on any atom is -0.366 e. The Morgan fingerprint density at radius 3 is 2.50 bits per heavy atom. The van der Waals surface area contributed by atoms with E-state index in [2.05, 4.69) is 10.4 Å². The number of rotatable bonds is 5. The van der Waals surface area contributed by atoms with E-state index >= 15 is 0 Å². The summed E-state index contributed by atoms with van der Waals surface area (Å²) in [7, 11) is 1.83. The number of aromatic nitrogens is 2. The highest BCUT2D eigenvalue weighted by Gasteiger charge is 2.29. The van der Waals surface area contributed by atoms with Crippen LogP contribution in [0.4, 0.5) is 5.82 Å². The first kappa shape index (κ1) is 14.7. The van der Waals surface area contributed by atoms with Gasteiger partial charge in [-0.25, -0.2) is 0 Å². The molecule has 18 heavy (non-hydrogen) atoms. The zero-order valence-electron chi connectivity index (χ0n) is 12.1. The van der Waals surface area contributed by atoms with Crippen molar-refractivity contribution < 1.29 is 9.53 Å². The van der Waals surface area contributed by atoms with Crippen LogP contribution in [-0.2, 0) is 23.0 Å². The van der Waals surface area contributed by atoms with Crippen LogP contribution in [0.25, 0.3) is 0 Å². The summed E-state index contributed by atoms with van der Waals surface area (Å²) < 4.78 is 7.14. The summed E-state index contributed by atoms with van der Waals surface area (Å²) in [5, 5.41) is 7.27. The van der Waals surface area contributed by atoms with Gasteiger partial charge in [-0.1, -0.05) is 6.92 Å². The molecule has 0 saturated heterocycles. The van der Waals surface area contributed by atoms with Gasteiger partial charge in [-0.2, -0.15) is 5.10 Å². The number of amides is 1. The van der Waals surface area contributed by atoms with Gasteiger partial charge in [0.05, 0.1) is 5.69 Å². The molecule has 1 N–H and O–H groups in total. The van der Waals surface area contributed by atoms with Crippen molar-refractivity contribution >= 4 is 11.7 Å². The van der Waals surface area contributed by atoms with Crippen LogP contribution in [0.3, 0.4) is 0 Å². The first-order valence-corrected chi connectivity index (χ1v) is 6.31. The fourth-order valence-electron chi connectivity index (χ4n) is 1.88. The van der Waals surface area contributed by atoms with Gasteiger partial charge in [0, 0.05) is 19.2 Å². The maximum Gasteiger partial charge on any atom is 0.257 e. The lowest BCUT2D eigenvalue weighted by Gasteiger charge is -2.23. The van der Waals surface area contributed by atoms with Gasteiger partial charge in [0.2, 0.25) is 0 Å². The summed E-state index contributed by atoms with van der Waals surface area (Å²) in [5.74, 6) is 0.586. The molecule has 0 aromatic carbocycles.